The lowest BCUT2D eigenvalue weighted by Crippen LogP contribution is -2.16. The summed E-state index contributed by atoms with van der Waals surface area (Å²) in [7, 11) is 0. The molecule has 0 bridgehead atoms. The van der Waals surface area contributed by atoms with E-state index in [1.165, 1.54) is 25.7 Å². The number of benzene rings is 1. The van der Waals surface area contributed by atoms with Gasteiger partial charge in [0, 0.05) is 10.4 Å². The zero-order valence-corrected chi connectivity index (χ0v) is 12.7. The third-order valence-corrected chi connectivity index (χ3v) is 5.03. The molecule has 2 fully saturated rings. The Kier molecular flexibility index (Phi) is 3.88. The molecule has 2 saturated carbocycles. The SMILES string of the molecule is O=C1C(=Cc2cccc(Br)c2)CCC1C1CCCC1. The highest BCUT2D eigenvalue weighted by Gasteiger charge is 2.36. The van der Waals surface area contributed by atoms with Crippen molar-refractivity contribution in [1.82, 2.24) is 0 Å². The van der Waals surface area contributed by atoms with Gasteiger partial charge >= 0.3 is 0 Å². The monoisotopic (exact) mass is 318 g/mol. The minimum absolute atomic E-state index is 0.320. The first-order chi connectivity index (χ1) is 9.24. The van der Waals surface area contributed by atoms with Crippen LogP contribution in [0.25, 0.3) is 6.08 Å². The fourth-order valence-electron chi connectivity index (χ4n) is 3.55. The summed E-state index contributed by atoms with van der Waals surface area (Å²) in [4.78, 5) is 12.5. The number of halogens is 1. The van der Waals surface area contributed by atoms with Gasteiger partial charge in [0.15, 0.2) is 5.78 Å². The maximum atomic E-state index is 12.5. The van der Waals surface area contributed by atoms with Gasteiger partial charge in [0.1, 0.15) is 0 Å². The Hall–Kier alpha value is -0.890. The van der Waals surface area contributed by atoms with E-state index in [1.807, 2.05) is 12.1 Å². The van der Waals surface area contributed by atoms with Crippen molar-refractivity contribution >= 4 is 27.8 Å². The summed E-state index contributed by atoms with van der Waals surface area (Å²) in [6, 6.07) is 8.17. The van der Waals surface area contributed by atoms with Crippen molar-refractivity contribution in [1.29, 1.82) is 0 Å². The van der Waals surface area contributed by atoms with Gasteiger partial charge in [-0.05, 0) is 60.9 Å². The number of hydrogen-bond acceptors (Lipinski definition) is 1. The van der Waals surface area contributed by atoms with E-state index >= 15 is 0 Å². The van der Waals surface area contributed by atoms with E-state index in [4.69, 9.17) is 0 Å². The van der Waals surface area contributed by atoms with Gasteiger partial charge in [0.2, 0.25) is 0 Å². The molecule has 0 N–H and O–H groups in total. The summed E-state index contributed by atoms with van der Waals surface area (Å²) in [5, 5.41) is 0. The summed E-state index contributed by atoms with van der Waals surface area (Å²) in [6.07, 6.45) is 9.29. The van der Waals surface area contributed by atoms with Gasteiger partial charge in [0.25, 0.3) is 0 Å². The first kappa shape index (κ1) is 13.1. The van der Waals surface area contributed by atoms with Gasteiger partial charge in [-0.25, -0.2) is 0 Å². The Morgan fingerprint density at radius 2 is 1.95 bits per heavy atom. The molecule has 0 amide bonds. The van der Waals surface area contributed by atoms with Crippen LogP contribution in [-0.2, 0) is 4.79 Å². The number of ketones is 1. The lowest BCUT2D eigenvalue weighted by Gasteiger charge is -2.15. The molecule has 0 aliphatic heterocycles. The van der Waals surface area contributed by atoms with Crippen molar-refractivity contribution in [2.75, 3.05) is 0 Å². The molecule has 1 nitrogen and oxygen atoms in total. The quantitative estimate of drug-likeness (QED) is 0.701. The third-order valence-electron chi connectivity index (χ3n) is 4.54. The zero-order chi connectivity index (χ0) is 13.2. The molecule has 2 aliphatic carbocycles. The Morgan fingerprint density at radius 3 is 2.68 bits per heavy atom. The van der Waals surface area contributed by atoms with Gasteiger partial charge in [0.05, 0.1) is 0 Å². The van der Waals surface area contributed by atoms with E-state index in [9.17, 15) is 4.79 Å². The van der Waals surface area contributed by atoms with Gasteiger partial charge < -0.3 is 0 Å². The molecule has 2 aliphatic rings. The molecule has 1 aromatic rings. The van der Waals surface area contributed by atoms with Crippen molar-refractivity contribution in [2.24, 2.45) is 11.8 Å². The summed E-state index contributed by atoms with van der Waals surface area (Å²) in [6.45, 7) is 0. The molecule has 0 spiro atoms. The maximum absolute atomic E-state index is 12.5. The van der Waals surface area contributed by atoms with Crippen LogP contribution in [0.4, 0.5) is 0 Å². The van der Waals surface area contributed by atoms with E-state index in [2.05, 4.69) is 34.1 Å². The first-order valence-corrected chi connectivity index (χ1v) is 8.04. The van der Waals surface area contributed by atoms with Crippen molar-refractivity contribution in [3.63, 3.8) is 0 Å². The Morgan fingerprint density at radius 1 is 1.16 bits per heavy atom. The van der Waals surface area contributed by atoms with Crippen molar-refractivity contribution < 1.29 is 4.79 Å². The Labute approximate surface area is 123 Å². The smallest absolute Gasteiger partial charge is 0.162 e. The van der Waals surface area contributed by atoms with Crippen LogP contribution in [0.1, 0.15) is 44.1 Å². The van der Waals surface area contributed by atoms with Gasteiger partial charge in [-0.3, -0.25) is 4.79 Å². The van der Waals surface area contributed by atoms with Crippen LogP contribution in [0.5, 0.6) is 0 Å². The van der Waals surface area contributed by atoms with E-state index in [0.29, 0.717) is 17.6 Å². The van der Waals surface area contributed by atoms with Crippen LogP contribution in [0.3, 0.4) is 0 Å². The lowest BCUT2D eigenvalue weighted by molar-refractivity contribution is -0.119. The molecule has 100 valence electrons. The van der Waals surface area contributed by atoms with Crippen LogP contribution < -0.4 is 0 Å². The fraction of sp³-hybridized carbons (Fsp3) is 0.471. The molecule has 1 aromatic carbocycles. The largest absolute Gasteiger partial charge is 0.294 e. The summed E-state index contributed by atoms with van der Waals surface area (Å²) in [5.74, 6) is 1.41. The zero-order valence-electron chi connectivity index (χ0n) is 11.1. The maximum Gasteiger partial charge on any atom is 0.162 e. The molecule has 3 rings (SSSR count). The average Bonchev–Trinajstić information content (AvgIpc) is 3.01. The molecule has 0 aromatic heterocycles. The third kappa shape index (κ3) is 2.84. The van der Waals surface area contributed by atoms with Crippen LogP contribution in [-0.4, -0.2) is 5.78 Å². The highest BCUT2D eigenvalue weighted by atomic mass is 79.9. The molecule has 0 saturated heterocycles. The number of Topliss-reactive ketones (excluding diaryl/α,β-unsaturated/α-hetero) is 1. The van der Waals surface area contributed by atoms with Crippen LogP contribution in [0.2, 0.25) is 0 Å². The predicted octanol–water partition coefficient (Wildman–Crippen LogP) is 5.00. The highest BCUT2D eigenvalue weighted by molar-refractivity contribution is 9.10. The van der Waals surface area contributed by atoms with Crippen molar-refractivity contribution in [2.45, 2.75) is 38.5 Å². The molecular weight excluding hydrogens is 300 g/mol. The molecular formula is C17H19BrO. The van der Waals surface area contributed by atoms with E-state index in [-0.39, 0.29) is 0 Å². The van der Waals surface area contributed by atoms with E-state index < -0.39 is 0 Å². The number of allylic oxidation sites excluding steroid dienone is 1. The summed E-state index contributed by atoms with van der Waals surface area (Å²) >= 11 is 3.48. The normalized spacial score (nSPS) is 26.5. The summed E-state index contributed by atoms with van der Waals surface area (Å²) < 4.78 is 1.07. The second-order valence-electron chi connectivity index (χ2n) is 5.78. The number of carbonyl (C=O) groups excluding carboxylic acids is 1. The van der Waals surface area contributed by atoms with E-state index in [1.54, 1.807) is 0 Å². The fourth-order valence-corrected chi connectivity index (χ4v) is 3.97. The van der Waals surface area contributed by atoms with Gasteiger partial charge in [-0.1, -0.05) is 40.9 Å². The first-order valence-electron chi connectivity index (χ1n) is 7.24. The molecule has 1 unspecified atom stereocenters. The number of hydrogen-bond donors (Lipinski definition) is 0. The molecule has 0 radical (unpaired) electrons. The van der Waals surface area contributed by atoms with Crippen LogP contribution in [0.15, 0.2) is 34.3 Å². The average molecular weight is 319 g/mol. The highest BCUT2D eigenvalue weighted by Crippen LogP contribution is 2.40. The Bertz CT molecular complexity index is 512. The second-order valence-corrected chi connectivity index (χ2v) is 6.69. The molecule has 1 atom stereocenters. The Balaban J connectivity index is 1.77. The number of rotatable bonds is 2. The standard InChI is InChI=1S/C17H19BrO/c18-15-7-3-4-12(11-15)10-14-8-9-16(17(14)19)13-5-1-2-6-13/h3-4,7,10-11,13,16H,1-2,5-6,8-9H2. The van der Waals surface area contributed by atoms with Crippen molar-refractivity contribution in [3.05, 3.63) is 39.9 Å². The van der Waals surface area contributed by atoms with Crippen LogP contribution in [0, 0.1) is 11.8 Å². The van der Waals surface area contributed by atoms with Crippen LogP contribution >= 0.6 is 15.9 Å². The van der Waals surface area contributed by atoms with Crippen molar-refractivity contribution in [3.8, 4) is 0 Å². The van der Waals surface area contributed by atoms with E-state index in [0.717, 1.165) is 28.5 Å². The second kappa shape index (κ2) is 5.62. The predicted molar refractivity (Wildman–Crippen MR) is 81.8 cm³/mol. The molecule has 2 heteroatoms. The minimum Gasteiger partial charge on any atom is -0.294 e. The number of carbonyl (C=O) groups is 1. The summed E-state index contributed by atoms with van der Waals surface area (Å²) in [5.41, 5.74) is 2.17. The topological polar surface area (TPSA) is 17.1 Å². The molecule has 19 heavy (non-hydrogen) atoms. The lowest BCUT2D eigenvalue weighted by atomic mass is 9.88. The van der Waals surface area contributed by atoms with Gasteiger partial charge in [-0.2, -0.15) is 0 Å². The van der Waals surface area contributed by atoms with Gasteiger partial charge in [-0.15, -0.1) is 0 Å². The molecule has 0 heterocycles. The minimum atomic E-state index is 0.320.